The van der Waals surface area contributed by atoms with Gasteiger partial charge in [-0.3, -0.25) is 9.59 Å². The number of aryl methyl sites for hydroxylation is 1. The van der Waals surface area contributed by atoms with Gasteiger partial charge in [0.25, 0.3) is 0 Å². The van der Waals surface area contributed by atoms with Crippen LogP contribution in [0.1, 0.15) is 32.3 Å². The summed E-state index contributed by atoms with van der Waals surface area (Å²) in [6, 6.07) is 7.59. The fraction of sp³-hybridized carbons (Fsp3) is 0.500. The molecular weight excluding hydrogens is 270 g/mol. The zero-order chi connectivity index (χ0) is 15.9. The maximum atomic E-state index is 11.8. The highest BCUT2D eigenvalue weighted by molar-refractivity contribution is 5.76. The molecule has 1 rings (SSSR count). The number of nitrogens with one attached hydrogen (secondary N) is 1. The van der Waals surface area contributed by atoms with Crippen LogP contribution < -0.4 is 10.1 Å². The second-order valence-corrected chi connectivity index (χ2v) is 5.60. The Morgan fingerprint density at radius 1 is 1.29 bits per heavy atom. The van der Waals surface area contributed by atoms with E-state index in [1.54, 1.807) is 21.0 Å². The van der Waals surface area contributed by atoms with E-state index in [1.165, 1.54) is 0 Å². The molecule has 0 fully saturated rings. The van der Waals surface area contributed by atoms with Crippen molar-refractivity contribution >= 4 is 11.9 Å². The molecule has 0 unspecified atom stereocenters. The van der Waals surface area contributed by atoms with E-state index in [0.29, 0.717) is 25.8 Å². The Morgan fingerprint density at radius 2 is 1.95 bits per heavy atom. The number of carbonyl (C=O) groups is 2. The van der Waals surface area contributed by atoms with Crippen LogP contribution in [0.2, 0.25) is 0 Å². The van der Waals surface area contributed by atoms with E-state index in [9.17, 15) is 9.59 Å². The second kappa shape index (κ2) is 7.67. The average Bonchev–Trinajstić information content (AvgIpc) is 2.45. The molecule has 2 N–H and O–H groups in total. The lowest BCUT2D eigenvalue weighted by Crippen LogP contribution is -2.32. The van der Waals surface area contributed by atoms with Crippen LogP contribution in [0.15, 0.2) is 24.3 Å². The molecule has 0 aliphatic heterocycles. The number of carbonyl (C=O) groups excluding carboxylic acids is 1. The third-order valence-corrected chi connectivity index (χ3v) is 3.47. The van der Waals surface area contributed by atoms with Crippen molar-refractivity contribution in [3.05, 3.63) is 29.8 Å². The Bertz CT molecular complexity index is 497. The minimum Gasteiger partial charge on any atom is -0.496 e. The molecule has 5 heteroatoms. The van der Waals surface area contributed by atoms with Crippen molar-refractivity contribution in [1.82, 2.24) is 5.32 Å². The summed E-state index contributed by atoms with van der Waals surface area (Å²) in [6.07, 6.45) is 1.36. The Labute approximate surface area is 125 Å². The monoisotopic (exact) mass is 293 g/mol. The largest absolute Gasteiger partial charge is 0.496 e. The second-order valence-electron chi connectivity index (χ2n) is 5.60. The van der Waals surface area contributed by atoms with Gasteiger partial charge in [0.15, 0.2) is 0 Å². The Balaban J connectivity index is 2.36. The lowest BCUT2D eigenvalue weighted by molar-refractivity contribution is -0.147. The topological polar surface area (TPSA) is 75.6 Å². The predicted molar refractivity (Wildman–Crippen MR) is 80.4 cm³/mol. The average molecular weight is 293 g/mol. The summed E-state index contributed by atoms with van der Waals surface area (Å²) in [6.45, 7) is 3.66. The van der Waals surface area contributed by atoms with Crippen LogP contribution in [-0.4, -0.2) is 30.6 Å². The van der Waals surface area contributed by atoms with Crippen LogP contribution in [-0.2, 0) is 16.0 Å². The van der Waals surface area contributed by atoms with Crippen LogP contribution in [0, 0.1) is 5.41 Å². The lowest BCUT2D eigenvalue weighted by atomic mass is 9.90. The zero-order valence-corrected chi connectivity index (χ0v) is 12.8. The van der Waals surface area contributed by atoms with Gasteiger partial charge in [0.2, 0.25) is 5.91 Å². The fourth-order valence-electron chi connectivity index (χ4n) is 1.87. The summed E-state index contributed by atoms with van der Waals surface area (Å²) in [5, 5.41) is 11.7. The highest BCUT2D eigenvalue weighted by Crippen LogP contribution is 2.20. The van der Waals surface area contributed by atoms with E-state index in [-0.39, 0.29) is 5.91 Å². The standard InChI is InChI=1S/C16H23NO4/c1-16(2,15(19)20)10-11-17-14(18)9-8-12-6-4-5-7-13(12)21-3/h4-7H,8-11H2,1-3H3,(H,17,18)(H,19,20). The molecule has 0 aliphatic rings. The first-order valence-electron chi connectivity index (χ1n) is 6.99. The number of carboxylic acid groups (broad SMARTS) is 1. The van der Waals surface area contributed by atoms with Crippen molar-refractivity contribution in [3.63, 3.8) is 0 Å². The number of aliphatic carboxylic acids is 1. The number of amides is 1. The molecule has 5 nitrogen and oxygen atoms in total. The number of hydrogen-bond acceptors (Lipinski definition) is 3. The van der Waals surface area contributed by atoms with E-state index >= 15 is 0 Å². The molecule has 0 radical (unpaired) electrons. The van der Waals surface area contributed by atoms with Crippen LogP contribution in [0.4, 0.5) is 0 Å². The molecule has 0 atom stereocenters. The molecule has 0 heterocycles. The Hall–Kier alpha value is -2.04. The number of carboxylic acids is 1. The summed E-state index contributed by atoms with van der Waals surface area (Å²) in [5.41, 5.74) is 0.164. The fourth-order valence-corrected chi connectivity index (χ4v) is 1.87. The molecule has 116 valence electrons. The van der Waals surface area contributed by atoms with E-state index in [0.717, 1.165) is 11.3 Å². The maximum Gasteiger partial charge on any atom is 0.309 e. The molecule has 0 aromatic heterocycles. The molecule has 1 aromatic carbocycles. The van der Waals surface area contributed by atoms with Gasteiger partial charge in [-0.1, -0.05) is 18.2 Å². The summed E-state index contributed by atoms with van der Waals surface area (Å²) in [7, 11) is 1.60. The summed E-state index contributed by atoms with van der Waals surface area (Å²) in [4.78, 5) is 22.7. The normalized spacial score (nSPS) is 11.0. The number of ether oxygens (including phenoxy) is 1. The summed E-state index contributed by atoms with van der Waals surface area (Å²) >= 11 is 0. The van der Waals surface area contributed by atoms with E-state index in [1.807, 2.05) is 24.3 Å². The minimum absolute atomic E-state index is 0.0814. The van der Waals surface area contributed by atoms with Gasteiger partial charge in [0, 0.05) is 13.0 Å². The molecule has 0 saturated carbocycles. The van der Waals surface area contributed by atoms with Gasteiger partial charge < -0.3 is 15.2 Å². The third kappa shape index (κ3) is 5.45. The van der Waals surface area contributed by atoms with Crippen LogP contribution in [0.3, 0.4) is 0 Å². The summed E-state index contributed by atoms with van der Waals surface area (Å²) in [5.74, 6) is -0.162. The van der Waals surface area contributed by atoms with Crippen molar-refractivity contribution in [2.75, 3.05) is 13.7 Å². The number of para-hydroxylation sites is 1. The molecule has 0 spiro atoms. The van der Waals surface area contributed by atoms with Gasteiger partial charge >= 0.3 is 5.97 Å². The van der Waals surface area contributed by atoms with Crippen LogP contribution in [0.25, 0.3) is 0 Å². The number of hydrogen-bond donors (Lipinski definition) is 2. The highest BCUT2D eigenvalue weighted by Gasteiger charge is 2.26. The third-order valence-electron chi connectivity index (χ3n) is 3.47. The van der Waals surface area contributed by atoms with E-state index < -0.39 is 11.4 Å². The molecule has 1 aromatic rings. The van der Waals surface area contributed by atoms with Crippen molar-refractivity contribution in [1.29, 1.82) is 0 Å². The quantitative estimate of drug-likeness (QED) is 0.771. The molecular formula is C16H23NO4. The zero-order valence-electron chi connectivity index (χ0n) is 12.8. The first kappa shape index (κ1) is 17.0. The van der Waals surface area contributed by atoms with Gasteiger partial charge in [-0.05, 0) is 38.3 Å². The van der Waals surface area contributed by atoms with Gasteiger partial charge in [-0.15, -0.1) is 0 Å². The van der Waals surface area contributed by atoms with E-state index in [2.05, 4.69) is 5.32 Å². The first-order chi connectivity index (χ1) is 9.86. The minimum atomic E-state index is -0.856. The van der Waals surface area contributed by atoms with Crippen molar-refractivity contribution in [3.8, 4) is 5.75 Å². The number of methoxy groups -OCH3 is 1. The number of benzene rings is 1. The molecule has 0 saturated heterocycles. The summed E-state index contributed by atoms with van der Waals surface area (Å²) < 4.78 is 5.23. The SMILES string of the molecule is COc1ccccc1CCC(=O)NCCC(C)(C)C(=O)O. The van der Waals surface area contributed by atoms with Crippen molar-refractivity contribution < 1.29 is 19.4 Å². The van der Waals surface area contributed by atoms with E-state index in [4.69, 9.17) is 9.84 Å². The molecule has 0 aliphatic carbocycles. The lowest BCUT2D eigenvalue weighted by Gasteiger charge is -2.18. The predicted octanol–water partition coefficient (Wildman–Crippen LogP) is 2.24. The van der Waals surface area contributed by atoms with Crippen molar-refractivity contribution in [2.45, 2.75) is 33.1 Å². The van der Waals surface area contributed by atoms with Crippen LogP contribution >= 0.6 is 0 Å². The Kier molecular flexibility index (Phi) is 6.21. The van der Waals surface area contributed by atoms with Gasteiger partial charge in [-0.2, -0.15) is 0 Å². The van der Waals surface area contributed by atoms with Gasteiger partial charge in [0.1, 0.15) is 5.75 Å². The molecule has 21 heavy (non-hydrogen) atoms. The molecule has 1 amide bonds. The first-order valence-corrected chi connectivity index (χ1v) is 6.99. The number of rotatable bonds is 8. The van der Waals surface area contributed by atoms with Gasteiger partial charge in [0.05, 0.1) is 12.5 Å². The van der Waals surface area contributed by atoms with Crippen LogP contribution in [0.5, 0.6) is 5.75 Å². The highest BCUT2D eigenvalue weighted by atomic mass is 16.5. The van der Waals surface area contributed by atoms with Crippen molar-refractivity contribution in [2.24, 2.45) is 5.41 Å². The van der Waals surface area contributed by atoms with Gasteiger partial charge in [-0.25, -0.2) is 0 Å². The molecule has 0 bridgehead atoms. The Morgan fingerprint density at radius 3 is 2.57 bits per heavy atom. The smallest absolute Gasteiger partial charge is 0.309 e. The maximum absolute atomic E-state index is 11.8.